The van der Waals surface area contributed by atoms with Crippen LogP contribution in [0.2, 0.25) is 0 Å². The average Bonchev–Trinajstić information content (AvgIpc) is 2.97. The highest BCUT2D eigenvalue weighted by Gasteiger charge is 2.26. The molecule has 2 aromatic heterocycles. The van der Waals surface area contributed by atoms with Crippen LogP contribution in [0.3, 0.4) is 0 Å². The minimum atomic E-state index is -0.547. The maximum Gasteiger partial charge on any atom is 0.372 e. The second-order valence-electron chi connectivity index (χ2n) is 4.12. The lowest BCUT2D eigenvalue weighted by molar-refractivity contribution is -0.385. The first-order chi connectivity index (χ1) is 10.2. The van der Waals surface area contributed by atoms with Crippen molar-refractivity contribution in [3.63, 3.8) is 0 Å². The van der Waals surface area contributed by atoms with Crippen LogP contribution >= 0.6 is 0 Å². The van der Waals surface area contributed by atoms with E-state index in [1.54, 1.807) is 19.1 Å². The van der Waals surface area contributed by atoms with E-state index in [1.165, 1.54) is 6.26 Å². The van der Waals surface area contributed by atoms with Crippen molar-refractivity contribution < 1.29 is 14.1 Å². The first-order valence-corrected chi connectivity index (χ1v) is 6.60. The summed E-state index contributed by atoms with van der Waals surface area (Å²) < 4.78 is 10.4. The van der Waals surface area contributed by atoms with Gasteiger partial charge in [-0.05, 0) is 19.1 Å². The van der Waals surface area contributed by atoms with E-state index in [1.807, 2.05) is 6.92 Å². The van der Waals surface area contributed by atoms with Crippen LogP contribution in [0.25, 0.3) is 0 Å². The average molecular weight is 292 g/mol. The summed E-state index contributed by atoms with van der Waals surface area (Å²) in [6.07, 6.45) is 2.09. The molecular weight excluding hydrogens is 276 g/mol. The molecule has 8 nitrogen and oxygen atoms in total. The molecule has 0 atom stereocenters. The smallest absolute Gasteiger partial charge is 0.372 e. The third kappa shape index (κ3) is 3.47. The fraction of sp³-hybridized carbons (Fsp3) is 0.385. The number of hydrogen-bond acceptors (Lipinski definition) is 7. The second kappa shape index (κ2) is 6.69. The number of hydrogen-bond donors (Lipinski definition) is 1. The third-order valence-corrected chi connectivity index (χ3v) is 2.69. The van der Waals surface area contributed by atoms with Crippen LogP contribution in [-0.4, -0.2) is 21.5 Å². The van der Waals surface area contributed by atoms with E-state index in [9.17, 15) is 10.1 Å². The number of nitrogens with one attached hydrogen (secondary N) is 1. The maximum absolute atomic E-state index is 11.3. The van der Waals surface area contributed by atoms with Gasteiger partial charge in [0.05, 0.1) is 24.3 Å². The molecule has 1 N–H and O–H groups in total. The van der Waals surface area contributed by atoms with E-state index in [2.05, 4.69) is 15.3 Å². The first kappa shape index (κ1) is 14.8. The van der Waals surface area contributed by atoms with Crippen LogP contribution in [0.15, 0.2) is 22.8 Å². The van der Waals surface area contributed by atoms with Crippen LogP contribution in [0.1, 0.15) is 25.4 Å². The summed E-state index contributed by atoms with van der Waals surface area (Å²) in [5, 5.41) is 14.2. The number of furan rings is 1. The molecule has 2 aromatic rings. The van der Waals surface area contributed by atoms with Crippen LogP contribution in [0.4, 0.5) is 11.5 Å². The van der Waals surface area contributed by atoms with Gasteiger partial charge in [-0.2, -0.15) is 4.98 Å². The number of nitrogens with zero attached hydrogens (tertiary/aromatic N) is 3. The minimum Gasteiger partial charge on any atom is -0.473 e. The quantitative estimate of drug-likeness (QED) is 0.617. The molecule has 0 aliphatic carbocycles. The van der Waals surface area contributed by atoms with Gasteiger partial charge in [-0.25, -0.2) is 4.98 Å². The molecule has 0 aromatic carbocycles. The Morgan fingerprint density at radius 1 is 1.43 bits per heavy atom. The molecule has 0 aliphatic rings. The van der Waals surface area contributed by atoms with Gasteiger partial charge in [0.2, 0.25) is 5.82 Å². The third-order valence-electron chi connectivity index (χ3n) is 2.69. The van der Waals surface area contributed by atoms with Crippen LogP contribution < -0.4 is 10.1 Å². The molecule has 0 saturated heterocycles. The summed E-state index contributed by atoms with van der Waals surface area (Å²) in [5.41, 5.74) is -0.263. The van der Waals surface area contributed by atoms with Crippen molar-refractivity contribution in [3.05, 3.63) is 40.1 Å². The number of aromatic nitrogens is 2. The lowest BCUT2D eigenvalue weighted by Crippen LogP contribution is -2.10. The highest BCUT2D eigenvalue weighted by atomic mass is 16.6. The van der Waals surface area contributed by atoms with Gasteiger partial charge in [-0.15, -0.1) is 0 Å². The van der Waals surface area contributed by atoms with Crippen molar-refractivity contribution in [2.45, 2.75) is 26.8 Å². The van der Waals surface area contributed by atoms with Gasteiger partial charge in [0, 0.05) is 6.42 Å². The summed E-state index contributed by atoms with van der Waals surface area (Å²) in [7, 11) is 0. The van der Waals surface area contributed by atoms with Crippen molar-refractivity contribution in [1.82, 2.24) is 9.97 Å². The van der Waals surface area contributed by atoms with E-state index in [-0.39, 0.29) is 17.4 Å². The van der Waals surface area contributed by atoms with E-state index in [4.69, 9.17) is 9.15 Å². The molecule has 0 amide bonds. The number of nitro groups is 1. The number of ether oxygens (including phenoxy) is 1. The molecule has 0 bridgehead atoms. The van der Waals surface area contributed by atoms with Gasteiger partial charge in [0.25, 0.3) is 5.88 Å². The molecular formula is C13H16N4O4. The van der Waals surface area contributed by atoms with E-state index in [0.29, 0.717) is 31.2 Å². The predicted octanol–water partition coefficient (Wildman–Crippen LogP) is 2.55. The van der Waals surface area contributed by atoms with Crippen LogP contribution in [0.5, 0.6) is 5.88 Å². The molecule has 0 aliphatic heterocycles. The zero-order valence-corrected chi connectivity index (χ0v) is 11.8. The van der Waals surface area contributed by atoms with Crippen molar-refractivity contribution in [2.24, 2.45) is 0 Å². The standard InChI is InChI=1S/C13H16N4O4/c1-3-10-15-12(14-8-9-6-5-7-21-9)11(17(18)19)13(16-10)20-4-2/h5-7H,3-4,8H2,1-2H3,(H,14,15,16). The zero-order valence-electron chi connectivity index (χ0n) is 11.8. The largest absolute Gasteiger partial charge is 0.473 e. The van der Waals surface area contributed by atoms with E-state index < -0.39 is 4.92 Å². The number of rotatable bonds is 7. The van der Waals surface area contributed by atoms with E-state index >= 15 is 0 Å². The van der Waals surface area contributed by atoms with Crippen molar-refractivity contribution in [3.8, 4) is 5.88 Å². The Bertz CT molecular complexity index is 613. The lowest BCUT2D eigenvalue weighted by atomic mass is 10.3. The van der Waals surface area contributed by atoms with Crippen molar-refractivity contribution in [1.29, 1.82) is 0 Å². The van der Waals surface area contributed by atoms with Gasteiger partial charge in [-0.3, -0.25) is 10.1 Å². The van der Waals surface area contributed by atoms with Crippen molar-refractivity contribution >= 4 is 11.5 Å². The van der Waals surface area contributed by atoms with Crippen LogP contribution in [-0.2, 0) is 13.0 Å². The summed E-state index contributed by atoms with van der Waals surface area (Å²) in [5.74, 6) is 1.24. The predicted molar refractivity (Wildman–Crippen MR) is 75.3 cm³/mol. The normalized spacial score (nSPS) is 10.4. The minimum absolute atomic E-state index is 0.0173. The molecule has 2 heterocycles. The molecule has 2 rings (SSSR count). The first-order valence-electron chi connectivity index (χ1n) is 6.60. The maximum atomic E-state index is 11.3. The Morgan fingerprint density at radius 2 is 2.24 bits per heavy atom. The summed E-state index contributed by atoms with van der Waals surface area (Å²) in [4.78, 5) is 19.0. The second-order valence-corrected chi connectivity index (χ2v) is 4.12. The van der Waals surface area contributed by atoms with Gasteiger partial charge >= 0.3 is 5.69 Å². The topological polar surface area (TPSA) is 103 Å². The molecule has 0 spiro atoms. The summed E-state index contributed by atoms with van der Waals surface area (Å²) >= 11 is 0. The molecule has 0 radical (unpaired) electrons. The Balaban J connectivity index is 2.35. The highest BCUT2D eigenvalue weighted by Crippen LogP contribution is 2.32. The fourth-order valence-electron chi connectivity index (χ4n) is 1.75. The highest BCUT2D eigenvalue weighted by molar-refractivity contribution is 5.61. The van der Waals surface area contributed by atoms with Gasteiger partial charge < -0.3 is 14.5 Å². The summed E-state index contributed by atoms with van der Waals surface area (Å²) in [6.45, 7) is 4.19. The fourth-order valence-corrected chi connectivity index (χ4v) is 1.75. The Hall–Kier alpha value is -2.64. The lowest BCUT2D eigenvalue weighted by Gasteiger charge is -2.10. The molecule has 112 valence electrons. The van der Waals surface area contributed by atoms with Crippen molar-refractivity contribution in [2.75, 3.05) is 11.9 Å². The van der Waals surface area contributed by atoms with E-state index in [0.717, 1.165) is 0 Å². The molecule has 21 heavy (non-hydrogen) atoms. The van der Waals surface area contributed by atoms with Crippen LogP contribution in [0, 0.1) is 10.1 Å². The SMILES string of the molecule is CCOc1nc(CC)nc(NCc2ccco2)c1[N+](=O)[O-]. The number of aryl methyl sites for hydroxylation is 1. The molecule has 0 fully saturated rings. The zero-order chi connectivity index (χ0) is 15.2. The van der Waals surface area contributed by atoms with Gasteiger partial charge in [-0.1, -0.05) is 6.92 Å². The Kier molecular flexibility index (Phi) is 4.70. The number of anilines is 1. The monoisotopic (exact) mass is 292 g/mol. The van der Waals surface area contributed by atoms with Gasteiger partial charge in [0.15, 0.2) is 0 Å². The molecule has 0 unspecified atom stereocenters. The van der Waals surface area contributed by atoms with Gasteiger partial charge in [0.1, 0.15) is 11.6 Å². The Labute approximate surface area is 121 Å². The molecule has 0 saturated carbocycles. The Morgan fingerprint density at radius 3 is 2.81 bits per heavy atom. The molecule has 8 heteroatoms. The summed E-state index contributed by atoms with van der Waals surface area (Å²) in [6, 6.07) is 3.51.